The summed E-state index contributed by atoms with van der Waals surface area (Å²) >= 11 is 1.40. The summed E-state index contributed by atoms with van der Waals surface area (Å²) in [5.74, 6) is -0.953. The quantitative estimate of drug-likeness (QED) is 0.458. The standard InChI is InChI=1S/C24H34N4O4S2/c1-5-12-28(13-6-2)34(31,32)18-9-7-17(8-10-18)23(30)26-24-21(22(25)29)19-11-14-27(16(3)4)15-20(19)33-24/h7-10,16H,5-6,11-15H2,1-4H3,(H2,25,29)(H,26,30)/p+1. The second kappa shape index (κ2) is 11.0. The fourth-order valence-corrected chi connectivity index (χ4v) is 7.22. The fraction of sp³-hybridized carbons (Fsp3) is 0.500. The van der Waals surface area contributed by atoms with E-state index in [1.807, 2.05) is 13.8 Å². The molecule has 0 bridgehead atoms. The summed E-state index contributed by atoms with van der Waals surface area (Å²) in [7, 11) is -3.62. The second-order valence-electron chi connectivity index (χ2n) is 8.94. The number of anilines is 1. The van der Waals surface area contributed by atoms with Crippen molar-refractivity contribution in [3.63, 3.8) is 0 Å². The van der Waals surface area contributed by atoms with Crippen molar-refractivity contribution in [2.24, 2.45) is 5.73 Å². The highest BCUT2D eigenvalue weighted by Crippen LogP contribution is 2.35. The predicted octanol–water partition coefficient (Wildman–Crippen LogP) is 2.26. The lowest BCUT2D eigenvalue weighted by atomic mass is 10.0. The Bertz CT molecular complexity index is 1130. The Kier molecular flexibility index (Phi) is 8.51. The van der Waals surface area contributed by atoms with Gasteiger partial charge in [-0.15, -0.1) is 11.3 Å². The van der Waals surface area contributed by atoms with Crippen LogP contribution in [0.25, 0.3) is 0 Å². The highest BCUT2D eigenvalue weighted by atomic mass is 32.2. The molecule has 0 saturated heterocycles. The van der Waals surface area contributed by atoms with Gasteiger partial charge in [-0.1, -0.05) is 13.8 Å². The van der Waals surface area contributed by atoms with Crippen molar-refractivity contribution in [2.45, 2.75) is 64.4 Å². The van der Waals surface area contributed by atoms with E-state index in [4.69, 9.17) is 5.73 Å². The number of rotatable bonds is 10. The number of fused-ring (bicyclic) bond motifs is 1. The number of hydrogen-bond acceptors (Lipinski definition) is 5. The number of quaternary nitrogens is 1. The average molecular weight is 508 g/mol. The smallest absolute Gasteiger partial charge is 0.256 e. The van der Waals surface area contributed by atoms with Crippen molar-refractivity contribution in [2.75, 3.05) is 25.0 Å². The topological polar surface area (TPSA) is 114 Å². The van der Waals surface area contributed by atoms with Crippen LogP contribution in [0.2, 0.25) is 0 Å². The number of hydrogen-bond donors (Lipinski definition) is 3. The molecular formula is C24H35N4O4S2+. The first kappa shape index (κ1) is 26.3. The normalized spacial score (nSPS) is 16.0. The van der Waals surface area contributed by atoms with E-state index in [1.54, 1.807) is 0 Å². The van der Waals surface area contributed by atoms with Crippen molar-refractivity contribution in [3.05, 3.63) is 45.8 Å². The van der Waals surface area contributed by atoms with Crippen LogP contribution in [0.1, 0.15) is 71.7 Å². The SMILES string of the molecule is CCCN(CCC)S(=O)(=O)c1ccc(C(=O)Nc2sc3c(c2C(N)=O)CC[NH+](C(C)C)C3)cc1. The molecule has 10 heteroatoms. The summed E-state index contributed by atoms with van der Waals surface area (Å²) in [5.41, 5.74) is 7.32. The zero-order valence-electron chi connectivity index (χ0n) is 20.3. The summed E-state index contributed by atoms with van der Waals surface area (Å²) in [4.78, 5) is 27.8. The Balaban J connectivity index is 1.82. The number of thiophene rings is 1. The summed E-state index contributed by atoms with van der Waals surface area (Å²) in [6.07, 6.45) is 2.19. The van der Waals surface area contributed by atoms with Crippen LogP contribution in [0.5, 0.6) is 0 Å². The third-order valence-electron chi connectivity index (χ3n) is 6.16. The largest absolute Gasteiger partial charge is 0.365 e. The Hall–Kier alpha value is -2.27. The van der Waals surface area contributed by atoms with E-state index >= 15 is 0 Å². The first-order chi connectivity index (χ1) is 16.1. The van der Waals surface area contributed by atoms with Gasteiger partial charge in [0.2, 0.25) is 10.0 Å². The molecule has 4 N–H and O–H groups in total. The zero-order chi connectivity index (χ0) is 25.0. The minimum absolute atomic E-state index is 0.159. The van der Waals surface area contributed by atoms with Crippen LogP contribution in [0.15, 0.2) is 29.2 Å². The molecule has 2 amide bonds. The number of benzene rings is 1. The average Bonchev–Trinajstić information content (AvgIpc) is 3.16. The summed E-state index contributed by atoms with van der Waals surface area (Å²) in [6.45, 7) is 10.8. The third-order valence-corrected chi connectivity index (χ3v) is 9.22. The molecular weight excluding hydrogens is 472 g/mol. The first-order valence-corrected chi connectivity index (χ1v) is 14.1. The molecule has 186 valence electrons. The minimum atomic E-state index is -3.62. The van der Waals surface area contributed by atoms with Crippen LogP contribution in [-0.2, 0) is 23.0 Å². The molecule has 1 atom stereocenters. The van der Waals surface area contributed by atoms with E-state index in [1.165, 1.54) is 44.8 Å². The van der Waals surface area contributed by atoms with Gasteiger partial charge in [0.05, 0.1) is 27.9 Å². The van der Waals surface area contributed by atoms with Gasteiger partial charge in [0.1, 0.15) is 11.5 Å². The van der Waals surface area contributed by atoms with Crippen molar-refractivity contribution < 1.29 is 22.9 Å². The molecule has 2 heterocycles. The van der Waals surface area contributed by atoms with Crippen LogP contribution >= 0.6 is 11.3 Å². The molecule has 0 aliphatic carbocycles. The number of primary amides is 1. The molecule has 0 fully saturated rings. The van der Waals surface area contributed by atoms with Crippen molar-refractivity contribution in [1.82, 2.24) is 4.31 Å². The molecule has 0 saturated carbocycles. The van der Waals surface area contributed by atoms with Gasteiger partial charge in [0.25, 0.3) is 11.8 Å². The van der Waals surface area contributed by atoms with E-state index in [9.17, 15) is 18.0 Å². The van der Waals surface area contributed by atoms with E-state index in [-0.39, 0.29) is 4.90 Å². The maximum absolute atomic E-state index is 13.0. The maximum atomic E-state index is 13.0. The van der Waals surface area contributed by atoms with Crippen LogP contribution in [0.4, 0.5) is 5.00 Å². The predicted molar refractivity (Wildman–Crippen MR) is 135 cm³/mol. The molecule has 1 unspecified atom stereocenters. The van der Waals surface area contributed by atoms with Crippen LogP contribution in [0, 0.1) is 0 Å². The highest BCUT2D eigenvalue weighted by Gasteiger charge is 2.31. The number of nitrogens with two attached hydrogens (primary N) is 1. The number of carbonyl (C=O) groups excluding carboxylic acids is 2. The minimum Gasteiger partial charge on any atom is -0.365 e. The third kappa shape index (κ3) is 5.51. The van der Waals surface area contributed by atoms with E-state index in [0.717, 1.165) is 42.8 Å². The molecule has 1 aromatic carbocycles. The van der Waals surface area contributed by atoms with Gasteiger partial charge in [-0.2, -0.15) is 4.31 Å². The Morgan fingerprint density at radius 3 is 2.29 bits per heavy atom. The maximum Gasteiger partial charge on any atom is 0.256 e. The van der Waals surface area contributed by atoms with Crippen molar-refractivity contribution in [3.8, 4) is 0 Å². The van der Waals surface area contributed by atoms with Crippen molar-refractivity contribution >= 4 is 38.2 Å². The van der Waals surface area contributed by atoms with Gasteiger partial charge in [-0.05, 0) is 56.5 Å². The molecule has 2 aromatic rings. The van der Waals surface area contributed by atoms with Gasteiger partial charge in [0, 0.05) is 25.1 Å². The van der Waals surface area contributed by atoms with E-state index in [2.05, 4.69) is 19.2 Å². The van der Waals surface area contributed by atoms with E-state index in [0.29, 0.717) is 35.3 Å². The number of nitrogens with zero attached hydrogens (tertiary/aromatic N) is 1. The number of sulfonamides is 1. The number of amides is 2. The molecule has 0 spiro atoms. The van der Waals surface area contributed by atoms with Gasteiger partial charge < -0.3 is 16.0 Å². The van der Waals surface area contributed by atoms with Gasteiger partial charge in [0.15, 0.2) is 0 Å². The monoisotopic (exact) mass is 507 g/mol. The zero-order valence-corrected chi connectivity index (χ0v) is 21.9. The Morgan fingerprint density at radius 2 is 1.76 bits per heavy atom. The Morgan fingerprint density at radius 1 is 1.15 bits per heavy atom. The van der Waals surface area contributed by atoms with Gasteiger partial charge in [-0.25, -0.2) is 8.42 Å². The van der Waals surface area contributed by atoms with Crippen LogP contribution in [-0.4, -0.2) is 50.2 Å². The van der Waals surface area contributed by atoms with Crippen LogP contribution in [0.3, 0.4) is 0 Å². The molecule has 3 rings (SSSR count). The van der Waals surface area contributed by atoms with E-state index < -0.39 is 21.8 Å². The first-order valence-electron chi connectivity index (χ1n) is 11.8. The molecule has 1 aliphatic heterocycles. The number of nitrogens with one attached hydrogen (secondary N) is 2. The lowest BCUT2D eigenvalue weighted by Gasteiger charge is -2.27. The molecule has 8 nitrogen and oxygen atoms in total. The fourth-order valence-electron chi connectivity index (χ4n) is 4.29. The molecule has 34 heavy (non-hydrogen) atoms. The summed E-state index contributed by atoms with van der Waals surface area (Å²) < 4.78 is 27.4. The van der Waals surface area contributed by atoms with Gasteiger partial charge in [-0.3, -0.25) is 9.59 Å². The Labute approximate surface area is 206 Å². The lowest BCUT2D eigenvalue weighted by Crippen LogP contribution is -3.14. The second-order valence-corrected chi connectivity index (χ2v) is 12.0. The highest BCUT2D eigenvalue weighted by molar-refractivity contribution is 7.89. The van der Waals surface area contributed by atoms with Crippen LogP contribution < -0.4 is 16.0 Å². The summed E-state index contributed by atoms with van der Waals surface area (Å²) in [6, 6.07) is 6.38. The van der Waals surface area contributed by atoms with Crippen molar-refractivity contribution in [1.29, 1.82) is 0 Å². The molecule has 0 radical (unpaired) electrons. The molecule has 1 aliphatic rings. The summed E-state index contributed by atoms with van der Waals surface area (Å²) in [5, 5.41) is 3.30. The molecule has 1 aromatic heterocycles. The van der Waals surface area contributed by atoms with Gasteiger partial charge >= 0.3 is 0 Å². The lowest BCUT2D eigenvalue weighted by molar-refractivity contribution is -0.936. The number of carbonyl (C=O) groups is 2.